The number of hydrogen-bond donors (Lipinski definition) is 1. The first kappa shape index (κ1) is 14.1. The van der Waals surface area contributed by atoms with Gasteiger partial charge in [0.25, 0.3) is 11.8 Å². The van der Waals surface area contributed by atoms with Crippen molar-refractivity contribution in [2.45, 2.75) is 19.3 Å². The third-order valence-corrected chi connectivity index (χ3v) is 4.28. The fraction of sp³-hybridized carbons (Fsp3) is 0.400. The van der Waals surface area contributed by atoms with Crippen molar-refractivity contribution in [3.8, 4) is 0 Å². The number of fused-ring (bicyclic) bond motifs is 1. The summed E-state index contributed by atoms with van der Waals surface area (Å²) >= 11 is 5.85. The fourth-order valence-electron chi connectivity index (χ4n) is 2.57. The standard InChI is InChI=1S/C15H15ClN2O3/c16-10-4-5-11-12(8-10)15(21)18(14(11)20)7-6-17-13(19)9-2-1-3-9/h4-5,8-9H,1-3,6-7H2,(H,17,19). The Hall–Kier alpha value is -1.88. The maximum Gasteiger partial charge on any atom is 0.261 e. The van der Waals surface area contributed by atoms with Crippen molar-refractivity contribution in [2.24, 2.45) is 5.92 Å². The molecule has 1 aromatic rings. The summed E-state index contributed by atoms with van der Waals surface area (Å²) in [5, 5.41) is 3.21. The molecule has 0 radical (unpaired) electrons. The molecule has 21 heavy (non-hydrogen) atoms. The molecule has 1 heterocycles. The highest BCUT2D eigenvalue weighted by atomic mass is 35.5. The summed E-state index contributed by atoms with van der Waals surface area (Å²) in [6, 6.07) is 4.66. The zero-order chi connectivity index (χ0) is 15.0. The van der Waals surface area contributed by atoms with Gasteiger partial charge in [-0.1, -0.05) is 18.0 Å². The van der Waals surface area contributed by atoms with E-state index >= 15 is 0 Å². The van der Waals surface area contributed by atoms with Crippen molar-refractivity contribution in [1.82, 2.24) is 10.2 Å². The molecule has 3 amide bonds. The Balaban J connectivity index is 1.61. The van der Waals surface area contributed by atoms with Crippen LogP contribution in [-0.4, -0.2) is 35.7 Å². The topological polar surface area (TPSA) is 66.5 Å². The Morgan fingerprint density at radius 3 is 2.62 bits per heavy atom. The molecular weight excluding hydrogens is 292 g/mol. The molecule has 1 N–H and O–H groups in total. The molecule has 1 fully saturated rings. The molecule has 0 unspecified atom stereocenters. The molecule has 1 aliphatic heterocycles. The number of rotatable bonds is 4. The molecule has 110 valence electrons. The number of nitrogens with one attached hydrogen (secondary N) is 1. The lowest BCUT2D eigenvalue weighted by molar-refractivity contribution is -0.127. The molecule has 1 aliphatic carbocycles. The summed E-state index contributed by atoms with van der Waals surface area (Å²) in [7, 11) is 0. The predicted molar refractivity (Wildman–Crippen MR) is 77.2 cm³/mol. The molecule has 6 heteroatoms. The number of imide groups is 1. The third-order valence-electron chi connectivity index (χ3n) is 4.04. The second-order valence-electron chi connectivity index (χ2n) is 5.37. The Labute approximate surface area is 127 Å². The molecule has 0 bridgehead atoms. The van der Waals surface area contributed by atoms with E-state index in [1.165, 1.54) is 6.07 Å². The maximum absolute atomic E-state index is 12.2. The van der Waals surface area contributed by atoms with Crippen LogP contribution in [-0.2, 0) is 4.79 Å². The van der Waals surface area contributed by atoms with Crippen LogP contribution in [0, 0.1) is 5.92 Å². The maximum atomic E-state index is 12.2. The Bertz CT molecular complexity index is 625. The molecule has 0 atom stereocenters. The second kappa shape index (κ2) is 5.48. The monoisotopic (exact) mass is 306 g/mol. The largest absolute Gasteiger partial charge is 0.354 e. The first-order valence-corrected chi connectivity index (χ1v) is 7.39. The molecule has 1 saturated carbocycles. The van der Waals surface area contributed by atoms with Crippen molar-refractivity contribution >= 4 is 29.3 Å². The molecule has 0 aromatic heterocycles. The summed E-state index contributed by atoms with van der Waals surface area (Å²) in [6.07, 6.45) is 2.95. The van der Waals surface area contributed by atoms with Crippen molar-refractivity contribution in [3.05, 3.63) is 34.3 Å². The van der Waals surface area contributed by atoms with Crippen LogP contribution in [0.2, 0.25) is 5.02 Å². The summed E-state index contributed by atoms with van der Waals surface area (Å²) in [6.45, 7) is 0.469. The fourth-order valence-corrected chi connectivity index (χ4v) is 2.74. The highest BCUT2D eigenvalue weighted by Gasteiger charge is 2.35. The SMILES string of the molecule is O=C(NCCN1C(=O)c2ccc(Cl)cc2C1=O)C1CCC1. The van der Waals surface area contributed by atoms with Gasteiger partial charge >= 0.3 is 0 Å². The van der Waals surface area contributed by atoms with Crippen LogP contribution in [0.4, 0.5) is 0 Å². The normalized spacial score (nSPS) is 17.7. The smallest absolute Gasteiger partial charge is 0.261 e. The third kappa shape index (κ3) is 2.53. The minimum absolute atomic E-state index is 0.0147. The Morgan fingerprint density at radius 2 is 1.95 bits per heavy atom. The minimum atomic E-state index is -0.351. The number of halogens is 1. The van der Waals surface area contributed by atoms with Gasteiger partial charge in [-0.3, -0.25) is 19.3 Å². The average Bonchev–Trinajstić information content (AvgIpc) is 2.61. The van der Waals surface area contributed by atoms with Crippen molar-refractivity contribution in [2.75, 3.05) is 13.1 Å². The zero-order valence-corrected chi connectivity index (χ0v) is 12.2. The van der Waals surface area contributed by atoms with Gasteiger partial charge in [0.1, 0.15) is 0 Å². The molecule has 5 nitrogen and oxygen atoms in total. The van der Waals surface area contributed by atoms with Crippen molar-refractivity contribution in [3.63, 3.8) is 0 Å². The first-order valence-electron chi connectivity index (χ1n) is 7.01. The molecule has 2 aliphatic rings. The van der Waals surface area contributed by atoms with Crippen LogP contribution in [0.5, 0.6) is 0 Å². The zero-order valence-electron chi connectivity index (χ0n) is 11.4. The van der Waals surface area contributed by atoms with Crippen LogP contribution in [0.3, 0.4) is 0 Å². The van der Waals surface area contributed by atoms with Gasteiger partial charge in [-0.25, -0.2) is 0 Å². The van der Waals surface area contributed by atoms with Gasteiger partial charge in [0.05, 0.1) is 11.1 Å². The summed E-state index contributed by atoms with van der Waals surface area (Å²) in [5.74, 6) is -0.563. The first-order chi connectivity index (χ1) is 10.1. The van der Waals surface area contributed by atoms with Gasteiger partial charge in [0, 0.05) is 24.0 Å². The van der Waals surface area contributed by atoms with E-state index in [1.807, 2.05) is 0 Å². The van der Waals surface area contributed by atoms with E-state index in [4.69, 9.17) is 11.6 Å². The lowest BCUT2D eigenvalue weighted by Gasteiger charge is -2.24. The van der Waals surface area contributed by atoms with E-state index in [0.717, 1.165) is 24.2 Å². The van der Waals surface area contributed by atoms with E-state index in [-0.39, 0.29) is 36.7 Å². The van der Waals surface area contributed by atoms with E-state index in [1.54, 1.807) is 12.1 Å². The Kier molecular flexibility index (Phi) is 3.68. The van der Waals surface area contributed by atoms with Crippen LogP contribution in [0.15, 0.2) is 18.2 Å². The van der Waals surface area contributed by atoms with Gasteiger partial charge in [-0.05, 0) is 31.0 Å². The number of carbonyl (C=O) groups excluding carboxylic acids is 3. The number of hydrogen-bond acceptors (Lipinski definition) is 3. The number of amides is 3. The molecule has 3 rings (SSSR count). The lowest BCUT2D eigenvalue weighted by atomic mass is 9.85. The van der Waals surface area contributed by atoms with Gasteiger partial charge in [-0.2, -0.15) is 0 Å². The van der Waals surface area contributed by atoms with Crippen LogP contribution in [0.25, 0.3) is 0 Å². The second-order valence-corrected chi connectivity index (χ2v) is 5.81. The van der Waals surface area contributed by atoms with E-state index < -0.39 is 0 Å². The summed E-state index contributed by atoms with van der Waals surface area (Å²) in [5.41, 5.74) is 0.701. The number of carbonyl (C=O) groups is 3. The average molecular weight is 307 g/mol. The van der Waals surface area contributed by atoms with Crippen LogP contribution < -0.4 is 5.32 Å². The highest BCUT2D eigenvalue weighted by molar-refractivity contribution is 6.32. The highest BCUT2D eigenvalue weighted by Crippen LogP contribution is 2.27. The van der Waals surface area contributed by atoms with Gasteiger partial charge in [0.15, 0.2) is 0 Å². The molecule has 0 spiro atoms. The lowest BCUT2D eigenvalue weighted by Crippen LogP contribution is -2.41. The van der Waals surface area contributed by atoms with Gasteiger partial charge in [-0.15, -0.1) is 0 Å². The molecule has 0 saturated heterocycles. The quantitative estimate of drug-likeness (QED) is 0.863. The molecule has 1 aromatic carbocycles. The van der Waals surface area contributed by atoms with Crippen LogP contribution in [0.1, 0.15) is 40.0 Å². The summed E-state index contributed by atoms with van der Waals surface area (Å²) < 4.78 is 0. The molecular formula is C15H15ClN2O3. The van der Waals surface area contributed by atoms with Gasteiger partial charge in [0.2, 0.25) is 5.91 Å². The van der Waals surface area contributed by atoms with E-state index in [9.17, 15) is 14.4 Å². The van der Waals surface area contributed by atoms with E-state index in [2.05, 4.69) is 5.32 Å². The minimum Gasteiger partial charge on any atom is -0.354 e. The van der Waals surface area contributed by atoms with Crippen molar-refractivity contribution in [1.29, 1.82) is 0 Å². The van der Waals surface area contributed by atoms with Crippen molar-refractivity contribution < 1.29 is 14.4 Å². The van der Waals surface area contributed by atoms with E-state index in [0.29, 0.717) is 16.1 Å². The summed E-state index contributed by atoms with van der Waals surface area (Å²) in [4.78, 5) is 37.2. The number of nitrogens with zero attached hydrogens (tertiary/aromatic N) is 1. The predicted octanol–water partition coefficient (Wildman–Crippen LogP) is 1.85. The number of benzene rings is 1. The Morgan fingerprint density at radius 1 is 1.24 bits per heavy atom. The van der Waals surface area contributed by atoms with Crippen LogP contribution >= 0.6 is 11.6 Å². The van der Waals surface area contributed by atoms with Gasteiger partial charge < -0.3 is 5.32 Å².